The van der Waals surface area contributed by atoms with E-state index in [1.54, 1.807) is 42.2 Å². The SMILES string of the molecule is CCCS(=O)(=O)Oc1ccc(-c2cc(C(=O)N3CCC(C(N)=O)(c4ccccc4)CC3)sc2-c2ccccc2Cl)cc1. The van der Waals surface area contributed by atoms with E-state index in [1.807, 2.05) is 54.6 Å². The molecule has 0 unspecified atom stereocenters. The van der Waals surface area contributed by atoms with E-state index in [1.165, 1.54) is 11.3 Å². The minimum Gasteiger partial charge on any atom is -0.382 e. The lowest BCUT2D eigenvalue weighted by Crippen LogP contribution is -2.51. The quantitative estimate of drug-likeness (QED) is 0.214. The fourth-order valence-electron chi connectivity index (χ4n) is 5.37. The number of nitrogens with zero attached hydrogens (tertiary/aromatic N) is 1. The van der Waals surface area contributed by atoms with E-state index in [4.69, 9.17) is 21.5 Å². The van der Waals surface area contributed by atoms with Gasteiger partial charge >= 0.3 is 10.1 Å². The van der Waals surface area contributed by atoms with E-state index in [2.05, 4.69) is 0 Å². The molecule has 5 rings (SSSR count). The second-order valence-corrected chi connectivity index (χ2v) is 13.5. The van der Waals surface area contributed by atoms with Crippen LogP contribution in [0.25, 0.3) is 21.6 Å². The average molecular weight is 623 g/mol. The largest absolute Gasteiger partial charge is 0.382 e. The molecule has 42 heavy (non-hydrogen) atoms. The molecule has 0 atom stereocenters. The number of likely N-dealkylation sites (tertiary alicyclic amines) is 1. The molecule has 2 heterocycles. The lowest BCUT2D eigenvalue weighted by atomic mass is 9.72. The van der Waals surface area contributed by atoms with Crippen LogP contribution in [0.3, 0.4) is 0 Å². The van der Waals surface area contributed by atoms with Gasteiger partial charge in [-0.3, -0.25) is 9.59 Å². The van der Waals surface area contributed by atoms with E-state index >= 15 is 0 Å². The van der Waals surface area contributed by atoms with Crippen LogP contribution >= 0.6 is 22.9 Å². The Labute approximate surface area is 255 Å². The van der Waals surface area contributed by atoms with Gasteiger partial charge in [0.2, 0.25) is 5.91 Å². The van der Waals surface area contributed by atoms with Crippen LogP contribution in [0.15, 0.2) is 84.9 Å². The van der Waals surface area contributed by atoms with E-state index < -0.39 is 15.5 Å². The van der Waals surface area contributed by atoms with Gasteiger partial charge < -0.3 is 14.8 Å². The Morgan fingerprint density at radius 3 is 2.21 bits per heavy atom. The van der Waals surface area contributed by atoms with E-state index in [9.17, 15) is 18.0 Å². The van der Waals surface area contributed by atoms with Crippen LogP contribution in [0.1, 0.15) is 41.4 Å². The molecule has 0 spiro atoms. The van der Waals surface area contributed by atoms with Crippen LogP contribution in [0.2, 0.25) is 5.02 Å². The van der Waals surface area contributed by atoms with Crippen molar-refractivity contribution in [2.24, 2.45) is 5.73 Å². The van der Waals surface area contributed by atoms with Crippen LogP contribution in [-0.2, 0) is 20.3 Å². The van der Waals surface area contributed by atoms with Crippen molar-refractivity contribution >= 4 is 44.9 Å². The van der Waals surface area contributed by atoms with Gasteiger partial charge in [0.25, 0.3) is 5.91 Å². The van der Waals surface area contributed by atoms with E-state index in [0.717, 1.165) is 27.1 Å². The monoisotopic (exact) mass is 622 g/mol. The van der Waals surface area contributed by atoms with Crippen LogP contribution in [0.5, 0.6) is 5.75 Å². The fraction of sp³-hybridized carbons (Fsp3) is 0.250. The van der Waals surface area contributed by atoms with Crippen molar-refractivity contribution in [1.82, 2.24) is 4.90 Å². The molecule has 0 bridgehead atoms. The molecule has 4 aromatic rings. The van der Waals surface area contributed by atoms with E-state index in [0.29, 0.717) is 42.3 Å². The number of rotatable bonds is 9. The predicted octanol–water partition coefficient (Wildman–Crippen LogP) is 6.51. The summed E-state index contributed by atoms with van der Waals surface area (Å²) in [6.07, 6.45) is 1.34. The van der Waals surface area contributed by atoms with Crippen molar-refractivity contribution < 1.29 is 22.2 Å². The van der Waals surface area contributed by atoms with Gasteiger partial charge in [-0.25, -0.2) is 0 Å². The molecule has 0 radical (unpaired) electrons. The molecule has 2 N–H and O–H groups in total. The van der Waals surface area contributed by atoms with Gasteiger partial charge in [0.15, 0.2) is 0 Å². The maximum absolute atomic E-state index is 13.8. The maximum atomic E-state index is 13.8. The molecule has 0 aliphatic carbocycles. The summed E-state index contributed by atoms with van der Waals surface area (Å²) >= 11 is 7.94. The van der Waals surface area contributed by atoms with Crippen molar-refractivity contribution in [2.45, 2.75) is 31.6 Å². The van der Waals surface area contributed by atoms with Crippen LogP contribution in [0.4, 0.5) is 0 Å². The molecule has 10 heteroatoms. The maximum Gasteiger partial charge on any atom is 0.309 e. The first-order chi connectivity index (χ1) is 20.1. The Bertz CT molecular complexity index is 1690. The summed E-state index contributed by atoms with van der Waals surface area (Å²) in [5.41, 5.74) is 8.34. The van der Waals surface area contributed by atoms with Gasteiger partial charge in [0.1, 0.15) is 5.75 Å². The highest BCUT2D eigenvalue weighted by atomic mass is 35.5. The minimum absolute atomic E-state index is 0.0657. The highest BCUT2D eigenvalue weighted by Crippen LogP contribution is 2.43. The number of nitrogens with two attached hydrogens (primary N) is 1. The number of carbonyl (C=O) groups excluding carboxylic acids is 2. The second kappa shape index (κ2) is 12.3. The van der Waals surface area contributed by atoms with Crippen LogP contribution in [-0.4, -0.2) is 44.0 Å². The normalized spacial score (nSPS) is 14.9. The predicted molar refractivity (Wildman–Crippen MR) is 167 cm³/mol. The van der Waals surface area contributed by atoms with Gasteiger partial charge in [0, 0.05) is 34.1 Å². The molecular formula is C32H31ClN2O5S2. The Morgan fingerprint density at radius 2 is 1.60 bits per heavy atom. The van der Waals surface area contributed by atoms with Gasteiger partial charge in [-0.1, -0.05) is 79.2 Å². The number of hydrogen-bond donors (Lipinski definition) is 1. The third kappa shape index (κ3) is 6.09. The zero-order valence-corrected chi connectivity index (χ0v) is 25.5. The number of carbonyl (C=O) groups is 2. The summed E-state index contributed by atoms with van der Waals surface area (Å²) in [5.74, 6) is -0.349. The lowest BCUT2D eigenvalue weighted by Gasteiger charge is -2.40. The molecule has 3 aromatic carbocycles. The Balaban J connectivity index is 1.44. The molecule has 0 saturated carbocycles. The molecule has 1 aromatic heterocycles. The second-order valence-electron chi connectivity index (χ2n) is 10.3. The number of primary amides is 1. The van der Waals surface area contributed by atoms with Gasteiger partial charge in [-0.15, -0.1) is 11.3 Å². The van der Waals surface area contributed by atoms with Gasteiger partial charge in [-0.05, 0) is 54.7 Å². The van der Waals surface area contributed by atoms with Gasteiger partial charge in [0.05, 0.1) is 16.0 Å². The number of thiophene rings is 1. The van der Waals surface area contributed by atoms with Crippen molar-refractivity contribution in [3.05, 3.63) is 100 Å². The van der Waals surface area contributed by atoms with Crippen LogP contribution < -0.4 is 9.92 Å². The third-order valence-corrected chi connectivity index (χ3v) is 10.4. The molecule has 1 saturated heterocycles. The summed E-state index contributed by atoms with van der Waals surface area (Å²) in [5, 5.41) is 0.553. The summed E-state index contributed by atoms with van der Waals surface area (Å²) in [4.78, 5) is 29.6. The van der Waals surface area contributed by atoms with Crippen molar-refractivity contribution in [3.8, 4) is 27.3 Å². The van der Waals surface area contributed by atoms with Crippen molar-refractivity contribution in [2.75, 3.05) is 18.8 Å². The first-order valence-corrected chi connectivity index (χ1v) is 16.5. The highest BCUT2D eigenvalue weighted by molar-refractivity contribution is 7.87. The molecule has 1 fully saturated rings. The molecule has 218 valence electrons. The molecule has 2 amide bonds. The summed E-state index contributed by atoms with van der Waals surface area (Å²) < 4.78 is 29.4. The molecular weight excluding hydrogens is 592 g/mol. The van der Waals surface area contributed by atoms with Crippen molar-refractivity contribution in [1.29, 1.82) is 0 Å². The Morgan fingerprint density at radius 1 is 0.952 bits per heavy atom. The summed E-state index contributed by atoms with van der Waals surface area (Å²) in [6.45, 7) is 2.56. The van der Waals surface area contributed by atoms with Crippen molar-refractivity contribution in [3.63, 3.8) is 0 Å². The number of piperidine rings is 1. The molecule has 1 aliphatic rings. The topological polar surface area (TPSA) is 107 Å². The zero-order chi connectivity index (χ0) is 29.9. The number of benzene rings is 3. The molecule has 7 nitrogen and oxygen atoms in total. The smallest absolute Gasteiger partial charge is 0.309 e. The number of amides is 2. The standard InChI is InChI=1S/C32H31ClN2O5S2/c1-2-20-42(38,39)40-24-14-12-22(13-15-24)26-21-28(41-29(26)25-10-6-7-11-27(25)33)30(36)35-18-16-32(17-19-35,31(34)37)23-8-4-3-5-9-23/h3-15,21H,2,16-20H2,1H3,(H2,34,37). The first-order valence-electron chi connectivity index (χ1n) is 13.7. The summed E-state index contributed by atoms with van der Waals surface area (Å²) in [6, 6.07) is 25.6. The minimum atomic E-state index is -3.66. The van der Waals surface area contributed by atoms with E-state index in [-0.39, 0.29) is 23.3 Å². The fourth-order valence-corrected chi connectivity index (χ4v) is 7.83. The Hall–Kier alpha value is -3.66. The molecule has 1 aliphatic heterocycles. The summed E-state index contributed by atoms with van der Waals surface area (Å²) in [7, 11) is -3.66. The first kappa shape index (κ1) is 29.8. The number of hydrogen-bond acceptors (Lipinski definition) is 6. The average Bonchev–Trinajstić information content (AvgIpc) is 3.43. The van der Waals surface area contributed by atoms with Crippen LogP contribution in [0, 0.1) is 0 Å². The van der Waals surface area contributed by atoms with Gasteiger partial charge in [-0.2, -0.15) is 8.42 Å². The third-order valence-electron chi connectivity index (χ3n) is 7.61. The number of halogens is 1. The highest BCUT2D eigenvalue weighted by Gasteiger charge is 2.42. The lowest BCUT2D eigenvalue weighted by molar-refractivity contribution is -0.125. The zero-order valence-electron chi connectivity index (χ0n) is 23.1. The Kier molecular flexibility index (Phi) is 8.73.